The van der Waals surface area contributed by atoms with Crippen LogP contribution in [0.4, 0.5) is 0 Å². The van der Waals surface area contributed by atoms with Crippen molar-refractivity contribution < 1.29 is 24.1 Å². The number of hydrogen-bond acceptors (Lipinski definition) is 5. The van der Waals surface area contributed by atoms with Crippen molar-refractivity contribution in [2.45, 2.75) is 44.6 Å². The van der Waals surface area contributed by atoms with Crippen molar-refractivity contribution >= 4 is 6.29 Å². The molecule has 1 aliphatic heterocycles. The predicted molar refractivity (Wildman–Crippen MR) is 47.5 cm³/mol. The average molecular weight is 204 g/mol. The van der Waals surface area contributed by atoms with Crippen LogP contribution >= 0.6 is 0 Å². The lowest BCUT2D eigenvalue weighted by Crippen LogP contribution is -2.35. The normalized spacial score (nSPS) is 33.3. The molecule has 0 aliphatic carbocycles. The van der Waals surface area contributed by atoms with Crippen molar-refractivity contribution in [1.82, 2.24) is 0 Å². The molecule has 1 fully saturated rings. The third kappa shape index (κ3) is 3.02. The quantitative estimate of drug-likeness (QED) is 0.518. The van der Waals surface area contributed by atoms with Crippen LogP contribution in [0.3, 0.4) is 0 Å². The van der Waals surface area contributed by atoms with Gasteiger partial charge in [0.1, 0.15) is 6.10 Å². The molecule has 1 N–H and O–H groups in total. The van der Waals surface area contributed by atoms with Crippen LogP contribution in [0.5, 0.6) is 0 Å². The molecule has 0 bridgehead atoms. The Morgan fingerprint density at radius 3 is 2.64 bits per heavy atom. The molecule has 1 aliphatic rings. The van der Waals surface area contributed by atoms with Crippen LogP contribution in [-0.2, 0) is 19.0 Å². The number of carbonyl (C=O) groups excluding carboxylic acids is 1. The smallest absolute Gasteiger partial charge is 0.160 e. The fourth-order valence-corrected chi connectivity index (χ4v) is 1.40. The number of rotatable bonds is 4. The number of ether oxygens (including phenoxy) is 3. The predicted octanol–water partition coefficient (Wildman–Crippen LogP) is 0.0603. The standard InChI is InChI=1S/C9H16O5/c1-9(2,11)14-6-4-8(12-3)13-7(6)5-10/h5-8,11H,4H2,1-3H3. The highest BCUT2D eigenvalue weighted by molar-refractivity contribution is 5.57. The summed E-state index contributed by atoms with van der Waals surface area (Å²) in [7, 11) is 1.50. The zero-order valence-corrected chi connectivity index (χ0v) is 8.60. The average Bonchev–Trinajstić information content (AvgIpc) is 2.44. The molecule has 0 aromatic rings. The van der Waals surface area contributed by atoms with Crippen LogP contribution in [0.15, 0.2) is 0 Å². The number of aliphatic hydroxyl groups is 1. The maximum absolute atomic E-state index is 10.6. The third-order valence-electron chi connectivity index (χ3n) is 1.94. The highest BCUT2D eigenvalue weighted by Crippen LogP contribution is 2.25. The molecule has 82 valence electrons. The van der Waals surface area contributed by atoms with E-state index in [-0.39, 0.29) is 0 Å². The summed E-state index contributed by atoms with van der Waals surface area (Å²) in [6.07, 6.45) is -0.430. The molecule has 1 saturated heterocycles. The van der Waals surface area contributed by atoms with Crippen molar-refractivity contribution in [2.24, 2.45) is 0 Å². The summed E-state index contributed by atoms with van der Waals surface area (Å²) < 4.78 is 15.4. The van der Waals surface area contributed by atoms with Gasteiger partial charge in [-0.15, -0.1) is 0 Å². The van der Waals surface area contributed by atoms with Gasteiger partial charge < -0.3 is 24.1 Å². The molecule has 0 aromatic carbocycles. The fraction of sp³-hybridized carbons (Fsp3) is 0.889. The Bertz CT molecular complexity index is 198. The van der Waals surface area contributed by atoms with Gasteiger partial charge in [0.25, 0.3) is 0 Å². The topological polar surface area (TPSA) is 65.0 Å². The molecule has 1 rings (SSSR count). The molecular formula is C9H16O5. The first kappa shape index (κ1) is 11.6. The van der Waals surface area contributed by atoms with E-state index in [4.69, 9.17) is 14.2 Å². The van der Waals surface area contributed by atoms with Gasteiger partial charge in [-0.1, -0.05) is 0 Å². The van der Waals surface area contributed by atoms with Gasteiger partial charge in [0.2, 0.25) is 0 Å². The summed E-state index contributed by atoms with van der Waals surface area (Å²) >= 11 is 0. The van der Waals surface area contributed by atoms with Crippen molar-refractivity contribution in [1.29, 1.82) is 0 Å². The van der Waals surface area contributed by atoms with Gasteiger partial charge in [0.15, 0.2) is 18.4 Å². The number of hydrogen-bond donors (Lipinski definition) is 1. The minimum absolute atomic E-state index is 0.433. The lowest BCUT2D eigenvalue weighted by atomic mass is 10.2. The van der Waals surface area contributed by atoms with E-state index >= 15 is 0 Å². The summed E-state index contributed by atoms with van der Waals surface area (Å²) in [5, 5.41) is 9.42. The molecule has 14 heavy (non-hydrogen) atoms. The Kier molecular flexibility index (Phi) is 3.60. The summed E-state index contributed by atoms with van der Waals surface area (Å²) in [6.45, 7) is 3.02. The molecule has 0 radical (unpaired) electrons. The van der Waals surface area contributed by atoms with E-state index in [1.807, 2.05) is 0 Å². The Morgan fingerprint density at radius 2 is 2.21 bits per heavy atom. The third-order valence-corrected chi connectivity index (χ3v) is 1.94. The zero-order chi connectivity index (χ0) is 10.8. The summed E-state index contributed by atoms with van der Waals surface area (Å²) in [6, 6.07) is 0. The monoisotopic (exact) mass is 204 g/mol. The van der Waals surface area contributed by atoms with Gasteiger partial charge in [0.05, 0.1) is 6.10 Å². The first-order valence-electron chi connectivity index (χ1n) is 4.50. The van der Waals surface area contributed by atoms with Crippen molar-refractivity contribution in [2.75, 3.05) is 7.11 Å². The SMILES string of the molecule is COC1CC(OC(C)(C)O)C(C=O)O1. The summed E-state index contributed by atoms with van der Waals surface area (Å²) in [5.41, 5.74) is 0. The highest BCUT2D eigenvalue weighted by Gasteiger charge is 2.38. The molecule has 0 aromatic heterocycles. The van der Waals surface area contributed by atoms with Gasteiger partial charge in [-0.25, -0.2) is 0 Å². The van der Waals surface area contributed by atoms with E-state index < -0.39 is 24.3 Å². The van der Waals surface area contributed by atoms with Gasteiger partial charge >= 0.3 is 0 Å². The molecule has 0 saturated carbocycles. The van der Waals surface area contributed by atoms with Crippen LogP contribution in [0.2, 0.25) is 0 Å². The fourth-order valence-electron chi connectivity index (χ4n) is 1.40. The van der Waals surface area contributed by atoms with Crippen LogP contribution in [-0.4, -0.2) is 42.8 Å². The number of carbonyl (C=O) groups is 1. The second-order valence-electron chi connectivity index (χ2n) is 3.74. The van der Waals surface area contributed by atoms with Gasteiger partial charge in [-0.3, -0.25) is 0 Å². The molecule has 3 atom stereocenters. The lowest BCUT2D eigenvalue weighted by molar-refractivity contribution is -0.212. The summed E-state index contributed by atoms with van der Waals surface area (Å²) in [5.74, 6) is -1.27. The minimum Gasteiger partial charge on any atom is -0.366 e. The number of aldehydes is 1. The van der Waals surface area contributed by atoms with E-state index in [1.165, 1.54) is 21.0 Å². The minimum atomic E-state index is -1.27. The van der Waals surface area contributed by atoms with Crippen molar-refractivity contribution in [3.05, 3.63) is 0 Å². The molecule has 3 unspecified atom stereocenters. The Labute approximate surface area is 82.9 Å². The van der Waals surface area contributed by atoms with Gasteiger partial charge in [-0.05, 0) is 13.8 Å². The van der Waals surface area contributed by atoms with Gasteiger partial charge in [-0.2, -0.15) is 0 Å². The van der Waals surface area contributed by atoms with Crippen molar-refractivity contribution in [3.63, 3.8) is 0 Å². The van der Waals surface area contributed by atoms with E-state index in [2.05, 4.69) is 0 Å². The van der Waals surface area contributed by atoms with Crippen molar-refractivity contribution in [3.8, 4) is 0 Å². The largest absolute Gasteiger partial charge is 0.366 e. The zero-order valence-electron chi connectivity index (χ0n) is 8.60. The first-order valence-corrected chi connectivity index (χ1v) is 4.50. The van der Waals surface area contributed by atoms with Crippen LogP contribution in [0.25, 0.3) is 0 Å². The highest BCUT2D eigenvalue weighted by atomic mass is 16.7. The van der Waals surface area contributed by atoms with E-state index in [9.17, 15) is 9.90 Å². The number of methoxy groups -OCH3 is 1. The second kappa shape index (κ2) is 4.35. The van der Waals surface area contributed by atoms with Crippen LogP contribution in [0.1, 0.15) is 20.3 Å². The maximum Gasteiger partial charge on any atom is 0.160 e. The summed E-state index contributed by atoms with van der Waals surface area (Å²) in [4.78, 5) is 10.6. The van der Waals surface area contributed by atoms with E-state index in [0.717, 1.165) is 0 Å². The lowest BCUT2D eigenvalue weighted by Gasteiger charge is -2.24. The molecular weight excluding hydrogens is 188 g/mol. The van der Waals surface area contributed by atoms with E-state index in [1.54, 1.807) is 0 Å². The molecule has 0 amide bonds. The maximum atomic E-state index is 10.6. The first-order chi connectivity index (χ1) is 6.46. The van der Waals surface area contributed by atoms with Gasteiger partial charge in [0, 0.05) is 13.5 Å². The molecule has 1 heterocycles. The van der Waals surface area contributed by atoms with Crippen LogP contribution < -0.4 is 0 Å². The molecule has 0 spiro atoms. The Morgan fingerprint density at radius 1 is 1.57 bits per heavy atom. The second-order valence-corrected chi connectivity index (χ2v) is 3.74. The van der Waals surface area contributed by atoms with E-state index in [0.29, 0.717) is 12.7 Å². The van der Waals surface area contributed by atoms with Crippen LogP contribution in [0, 0.1) is 0 Å². The molecule has 5 heteroatoms. The Balaban J connectivity index is 2.55. The molecule has 5 nitrogen and oxygen atoms in total. The Hall–Kier alpha value is -0.490.